The zero-order valence-corrected chi connectivity index (χ0v) is 13.4. The molecule has 0 aliphatic carbocycles. The summed E-state index contributed by atoms with van der Waals surface area (Å²) in [5, 5.41) is 7.80. The summed E-state index contributed by atoms with van der Waals surface area (Å²) in [5.74, 6) is 0. The van der Waals surface area contributed by atoms with Crippen LogP contribution in [0.2, 0.25) is 0 Å². The third-order valence-electron chi connectivity index (χ3n) is 2.80. The predicted molar refractivity (Wildman–Crippen MR) is 82.0 cm³/mol. The number of nitrogens with zero attached hydrogens (tertiary/aromatic N) is 3. The van der Waals surface area contributed by atoms with Crippen molar-refractivity contribution in [2.24, 2.45) is 0 Å². The molecule has 0 fully saturated rings. The van der Waals surface area contributed by atoms with Crippen molar-refractivity contribution in [3.8, 4) is 0 Å². The van der Waals surface area contributed by atoms with Gasteiger partial charge < -0.3 is 10.2 Å². The average Bonchev–Trinajstić information content (AvgIpc) is 2.71. The monoisotopic (exact) mass is 296 g/mol. The summed E-state index contributed by atoms with van der Waals surface area (Å²) in [6, 6.07) is 2.58. The van der Waals surface area contributed by atoms with E-state index in [1.54, 1.807) is 0 Å². The van der Waals surface area contributed by atoms with Crippen LogP contribution in [-0.2, 0) is 6.54 Å². The summed E-state index contributed by atoms with van der Waals surface area (Å²) in [6.07, 6.45) is 3.00. The molecule has 0 aliphatic rings. The second-order valence-corrected chi connectivity index (χ2v) is 4.50. The molecule has 1 aromatic rings. The van der Waals surface area contributed by atoms with Gasteiger partial charge in [0.15, 0.2) is 0 Å². The van der Waals surface area contributed by atoms with E-state index in [9.17, 15) is 0 Å². The van der Waals surface area contributed by atoms with Gasteiger partial charge in [-0.1, -0.05) is 6.92 Å². The summed E-state index contributed by atoms with van der Waals surface area (Å²) in [5.41, 5.74) is 1.27. The van der Waals surface area contributed by atoms with Gasteiger partial charge in [0.25, 0.3) is 0 Å². The Hall–Kier alpha value is -0.290. The zero-order valence-electron chi connectivity index (χ0n) is 11.7. The van der Waals surface area contributed by atoms with E-state index in [0.717, 1.165) is 26.1 Å². The minimum atomic E-state index is 0. The molecule has 1 rings (SSSR count). The van der Waals surface area contributed by atoms with Crippen LogP contribution in [0.1, 0.15) is 32.0 Å². The molecule has 0 radical (unpaired) electrons. The minimum Gasteiger partial charge on any atom is -0.310 e. The van der Waals surface area contributed by atoms with Crippen molar-refractivity contribution in [2.75, 3.05) is 27.2 Å². The lowest BCUT2D eigenvalue weighted by Gasteiger charge is -2.15. The SMILES string of the molecule is CCC(C)n1nccc1CNCCN(C)C.Cl.Cl. The third kappa shape index (κ3) is 6.59. The number of halogens is 2. The molecule has 0 aliphatic heterocycles. The van der Waals surface area contributed by atoms with Crippen molar-refractivity contribution in [3.05, 3.63) is 18.0 Å². The Morgan fingerprint density at radius 3 is 2.61 bits per heavy atom. The van der Waals surface area contributed by atoms with E-state index >= 15 is 0 Å². The van der Waals surface area contributed by atoms with Gasteiger partial charge in [0.05, 0.1) is 5.69 Å². The molecule has 0 saturated heterocycles. The number of aromatic nitrogens is 2. The molecule has 0 spiro atoms. The summed E-state index contributed by atoms with van der Waals surface area (Å²) in [6.45, 7) is 7.38. The van der Waals surface area contributed by atoms with E-state index in [-0.39, 0.29) is 24.8 Å². The highest BCUT2D eigenvalue weighted by molar-refractivity contribution is 5.85. The molecule has 1 unspecified atom stereocenters. The molecule has 108 valence electrons. The summed E-state index contributed by atoms with van der Waals surface area (Å²) in [7, 11) is 4.18. The smallest absolute Gasteiger partial charge is 0.0525 e. The fourth-order valence-electron chi connectivity index (χ4n) is 1.57. The molecular formula is C12H26Cl2N4. The van der Waals surface area contributed by atoms with E-state index in [1.807, 2.05) is 6.20 Å². The van der Waals surface area contributed by atoms with Crippen LogP contribution < -0.4 is 5.32 Å². The van der Waals surface area contributed by atoms with E-state index < -0.39 is 0 Å². The van der Waals surface area contributed by atoms with Crippen molar-refractivity contribution in [3.63, 3.8) is 0 Å². The topological polar surface area (TPSA) is 33.1 Å². The molecule has 1 heterocycles. The first-order valence-electron chi connectivity index (χ1n) is 6.03. The molecule has 1 aromatic heterocycles. The highest BCUT2D eigenvalue weighted by Gasteiger charge is 2.07. The number of hydrogen-bond acceptors (Lipinski definition) is 3. The van der Waals surface area contributed by atoms with Gasteiger partial charge in [-0.2, -0.15) is 5.10 Å². The third-order valence-corrected chi connectivity index (χ3v) is 2.80. The average molecular weight is 297 g/mol. The lowest BCUT2D eigenvalue weighted by Crippen LogP contribution is -2.27. The standard InChI is InChI=1S/C12H24N4.2ClH/c1-5-11(2)16-12(6-7-14-16)10-13-8-9-15(3)4;;/h6-7,11,13H,5,8-10H2,1-4H3;2*1H. The number of nitrogens with one attached hydrogen (secondary N) is 1. The fraction of sp³-hybridized carbons (Fsp3) is 0.750. The van der Waals surface area contributed by atoms with Gasteiger partial charge in [-0.15, -0.1) is 24.8 Å². The van der Waals surface area contributed by atoms with Gasteiger partial charge in [-0.25, -0.2) is 0 Å². The lowest BCUT2D eigenvalue weighted by molar-refractivity contribution is 0.394. The van der Waals surface area contributed by atoms with E-state index in [1.165, 1.54) is 5.69 Å². The van der Waals surface area contributed by atoms with Gasteiger partial charge in [-0.3, -0.25) is 4.68 Å². The summed E-state index contributed by atoms with van der Waals surface area (Å²) < 4.78 is 2.11. The van der Waals surface area contributed by atoms with Gasteiger partial charge in [-0.05, 0) is 33.5 Å². The van der Waals surface area contributed by atoms with Gasteiger partial charge in [0.1, 0.15) is 0 Å². The second kappa shape index (κ2) is 10.6. The Kier molecular flexibility index (Phi) is 11.8. The molecule has 0 amide bonds. The number of hydrogen-bond donors (Lipinski definition) is 1. The van der Waals surface area contributed by atoms with Crippen molar-refractivity contribution >= 4 is 24.8 Å². The summed E-state index contributed by atoms with van der Waals surface area (Å²) in [4.78, 5) is 2.18. The van der Waals surface area contributed by atoms with Crippen LogP contribution >= 0.6 is 24.8 Å². The van der Waals surface area contributed by atoms with E-state index in [0.29, 0.717) is 6.04 Å². The predicted octanol–water partition coefficient (Wildman–Crippen LogP) is 2.35. The Balaban J connectivity index is 0. The highest BCUT2D eigenvalue weighted by atomic mass is 35.5. The fourth-order valence-corrected chi connectivity index (χ4v) is 1.57. The molecular weight excluding hydrogens is 271 g/mol. The molecule has 0 aromatic carbocycles. The van der Waals surface area contributed by atoms with Crippen LogP contribution in [0.3, 0.4) is 0 Å². The minimum absolute atomic E-state index is 0. The normalized spacial score (nSPS) is 11.8. The molecule has 0 bridgehead atoms. The largest absolute Gasteiger partial charge is 0.310 e. The van der Waals surface area contributed by atoms with Crippen molar-refractivity contribution in [1.29, 1.82) is 0 Å². The van der Waals surface area contributed by atoms with Crippen LogP contribution in [0.15, 0.2) is 12.3 Å². The molecule has 6 heteroatoms. The van der Waals surface area contributed by atoms with Gasteiger partial charge in [0, 0.05) is 31.9 Å². The molecule has 18 heavy (non-hydrogen) atoms. The van der Waals surface area contributed by atoms with Gasteiger partial charge >= 0.3 is 0 Å². The maximum Gasteiger partial charge on any atom is 0.0525 e. The first kappa shape index (κ1) is 20.0. The maximum atomic E-state index is 4.37. The van der Waals surface area contributed by atoms with Crippen molar-refractivity contribution in [2.45, 2.75) is 32.9 Å². The Morgan fingerprint density at radius 1 is 1.39 bits per heavy atom. The first-order chi connectivity index (χ1) is 7.65. The Labute approximate surface area is 123 Å². The van der Waals surface area contributed by atoms with Crippen LogP contribution in [-0.4, -0.2) is 41.9 Å². The van der Waals surface area contributed by atoms with Crippen molar-refractivity contribution in [1.82, 2.24) is 20.0 Å². The first-order valence-corrected chi connectivity index (χ1v) is 6.03. The van der Waals surface area contributed by atoms with E-state index in [4.69, 9.17) is 0 Å². The Morgan fingerprint density at radius 2 is 2.06 bits per heavy atom. The van der Waals surface area contributed by atoms with Gasteiger partial charge in [0.2, 0.25) is 0 Å². The molecule has 4 nitrogen and oxygen atoms in total. The maximum absolute atomic E-state index is 4.37. The highest BCUT2D eigenvalue weighted by Crippen LogP contribution is 2.11. The quantitative estimate of drug-likeness (QED) is 0.784. The molecule has 1 atom stereocenters. The zero-order chi connectivity index (χ0) is 12.0. The number of likely N-dealkylation sites (N-methyl/N-ethyl adjacent to an activating group) is 1. The second-order valence-electron chi connectivity index (χ2n) is 4.50. The van der Waals surface area contributed by atoms with Crippen LogP contribution in [0.4, 0.5) is 0 Å². The summed E-state index contributed by atoms with van der Waals surface area (Å²) >= 11 is 0. The van der Waals surface area contributed by atoms with Crippen LogP contribution in [0, 0.1) is 0 Å². The lowest BCUT2D eigenvalue weighted by atomic mass is 10.2. The Bertz CT molecular complexity index is 302. The molecule has 1 N–H and O–H groups in total. The van der Waals surface area contributed by atoms with Crippen molar-refractivity contribution < 1.29 is 0 Å². The number of rotatable bonds is 7. The van der Waals surface area contributed by atoms with E-state index in [2.05, 4.69) is 54.0 Å². The van der Waals surface area contributed by atoms with Crippen LogP contribution in [0.25, 0.3) is 0 Å². The van der Waals surface area contributed by atoms with Crippen LogP contribution in [0.5, 0.6) is 0 Å². The molecule has 0 saturated carbocycles.